The molecule has 0 radical (unpaired) electrons. The van der Waals surface area contributed by atoms with E-state index in [1.807, 2.05) is 0 Å². The molecule has 1 aromatic rings. The molecule has 7 nitrogen and oxygen atoms in total. The highest BCUT2D eigenvalue weighted by Crippen LogP contribution is 2.21. The highest BCUT2D eigenvalue weighted by atomic mass is 32.2. The number of hydrogen-bond acceptors (Lipinski definition) is 5. The van der Waals surface area contributed by atoms with Gasteiger partial charge in [-0.15, -0.1) is 0 Å². The van der Waals surface area contributed by atoms with Crippen molar-refractivity contribution in [3.05, 3.63) is 18.3 Å². The number of nitrogens with one attached hydrogen (secondary N) is 2. The molecule has 0 spiro atoms. The lowest BCUT2D eigenvalue weighted by Crippen LogP contribution is -2.35. The number of pyridine rings is 1. The highest BCUT2D eigenvalue weighted by Gasteiger charge is 2.29. The Labute approximate surface area is 112 Å². The number of anilines is 1. The smallest absolute Gasteiger partial charge is 0.262 e. The summed E-state index contributed by atoms with van der Waals surface area (Å²) >= 11 is 0. The molecule has 1 fully saturated rings. The minimum absolute atomic E-state index is 0.00755. The maximum absolute atomic E-state index is 12.5. The van der Waals surface area contributed by atoms with E-state index in [4.69, 9.17) is 0 Å². The number of carbonyl (C=O) groups excluding carboxylic acids is 1. The zero-order valence-corrected chi connectivity index (χ0v) is 11.4. The SMILES string of the molecule is CNc1cccnc1S(=O)(=O)N1CCNC(=O)CC1. The lowest BCUT2D eigenvalue weighted by molar-refractivity contribution is -0.120. The van der Waals surface area contributed by atoms with Crippen molar-refractivity contribution in [2.24, 2.45) is 0 Å². The van der Waals surface area contributed by atoms with Gasteiger partial charge in [0.1, 0.15) is 0 Å². The standard InChI is InChI=1S/C11H16N4O3S/c1-12-9-3-2-5-14-11(9)19(17,18)15-7-4-10(16)13-6-8-15/h2-3,5,12H,4,6-8H2,1H3,(H,13,16). The number of aromatic nitrogens is 1. The Hall–Kier alpha value is -1.67. The molecule has 1 aromatic heterocycles. The van der Waals surface area contributed by atoms with Crippen LogP contribution in [0, 0.1) is 0 Å². The minimum atomic E-state index is -3.68. The molecule has 0 atom stereocenters. The molecule has 2 heterocycles. The van der Waals surface area contributed by atoms with Crippen molar-refractivity contribution >= 4 is 21.6 Å². The van der Waals surface area contributed by atoms with E-state index >= 15 is 0 Å². The van der Waals surface area contributed by atoms with Crippen molar-refractivity contribution in [3.8, 4) is 0 Å². The van der Waals surface area contributed by atoms with E-state index in [0.717, 1.165) is 0 Å². The first-order chi connectivity index (χ1) is 9.05. The number of nitrogens with zero attached hydrogens (tertiary/aromatic N) is 2. The molecule has 2 rings (SSSR count). The van der Waals surface area contributed by atoms with Crippen LogP contribution in [0.4, 0.5) is 5.69 Å². The van der Waals surface area contributed by atoms with Gasteiger partial charge in [-0.05, 0) is 12.1 Å². The van der Waals surface area contributed by atoms with Crippen molar-refractivity contribution in [2.45, 2.75) is 11.4 Å². The molecule has 0 aromatic carbocycles. The summed E-state index contributed by atoms with van der Waals surface area (Å²) in [5, 5.41) is 5.45. The minimum Gasteiger partial charge on any atom is -0.386 e. The maximum Gasteiger partial charge on any atom is 0.262 e. The topological polar surface area (TPSA) is 91.4 Å². The fraction of sp³-hybridized carbons (Fsp3) is 0.455. The van der Waals surface area contributed by atoms with Crippen LogP contribution in [0.2, 0.25) is 0 Å². The number of hydrogen-bond donors (Lipinski definition) is 2. The van der Waals surface area contributed by atoms with Gasteiger partial charge in [0.25, 0.3) is 10.0 Å². The third-order valence-corrected chi connectivity index (χ3v) is 4.76. The third kappa shape index (κ3) is 2.85. The summed E-state index contributed by atoms with van der Waals surface area (Å²) in [6, 6.07) is 3.32. The number of sulfonamides is 1. The molecule has 1 aliphatic rings. The summed E-state index contributed by atoms with van der Waals surface area (Å²) in [7, 11) is -2.04. The third-order valence-electron chi connectivity index (χ3n) is 2.90. The van der Waals surface area contributed by atoms with Crippen LogP contribution in [0.15, 0.2) is 23.4 Å². The van der Waals surface area contributed by atoms with E-state index in [2.05, 4.69) is 15.6 Å². The molecule has 2 N–H and O–H groups in total. The average molecular weight is 284 g/mol. The lowest BCUT2D eigenvalue weighted by atomic mass is 10.4. The Morgan fingerprint density at radius 2 is 2.21 bits per heavy atom. The van der Waals surface area contributed by atoms with Crippen molar-refractivity contribution in [2.75, 3.05) is 32.0 Å². The zero-order valence-electron chi connectivity index (χ0n) is 10.6. The van der Waals surface area contributed by atoms with Gasteiger partial charge in [-0.3, -0.25) is 4.79 Å². The second kappa shape index (κ2) is 5.54. The molecule has 104 valence electrons. The van der Waals surface area contributed by atoms with E-state index in [0.29, 0.717) is 12.2 Å². The summed E-state index contributed by atoms with van der Waals surface area (Å²) in [4.78, 5) is 15.2. The van der Waals surface area contributed by atoms with Gasteiger partial charge in [-0.2, -0.15) is 4.31 Å². The van der Waals surface area contributed by atoms with Crippen LogP contribution in [-0.4, -0.2) is 50.3 Å². The van der Waals surface area contributed by atoms with E-state index < -0.39 is 10.0 Å². The van der Waals surface area contributed by atoms with E-state index in [9.17, 15) is 13.2 Å². The van der Waals surface area contributed by atoms with E-state index in [1.54, 1.807) is 19.2 Å². The molecule has 0 unspecified atom stereocenters. The van der Waals surface area contributed by atoms with Crippen LogP contribution in [0.5, 0.6) is 0 Å². The molecule has 1 saturated heterocycles. The second-order valence-electron chi connectivity index (χ2n) is 4.11. The van der Waals surface area contributed by atoms with Gasteiger partial charge in [-0.25, -0.2) is 13.4 Å². The van der Waals surface area contributed by atoms with Crippen LogP contribution in [0.1, 0.15) is 6.42 Å². The predicted octanol–water partition coefficient (Wildman–Crippen LogP) is -0.366. The first-order valence-corrected chi connectivity index (χ1v) is 7.39. The number of rotatable bonds is 3. The van der Waals surface area contributed by atoms with E-state index in [-0.39, 0.29) is 30.4 Å². The normalized spacial score (nSPS) is 17.6. The summed E-state index contributed by atoms with van der Waals surface area (Å²) in [5.74, 6) is -0.132. The maximum atomic E-state index is 12.5. The fourth-order valence-corrected chi connectivity index (χ4v) is 3.45. The van der Waals surface area contributed by atoms with Crippen LogP contribution < -0.4 is 10.6 Å². The monoisotopic (exact) mass is 284 g/mol. The predicted molar refractivity (Wildman–Crippen MR) is 70.2 cm³/mol. The van der Waals surface area contributed by atoms with E-state index in [1.165, 1.54) is 10.5 Å². The van der Waals surface area contributed by atoms with Crippen molar-refractivity contribution in [3.63, 3.8) is 0 Å². The molecular formula is C11H16N4O3S. The first-order valence-electron chi connectivity index (χ1n) is 5.95. The Morgan fingerprint density at radius 1 is 1.42 bits per heavy atom. The van der Waals surface area contributed by atoms with Crippen LogP contribution in [0.25, 0.3) is 0 Å². The van der Waals surface area contributed by atoms with Crippen LogP contribution >= 0.6 is 0 Å². The Balaban J connectivity index is 2.33. The zero-order chi connectivity index (χ0) is 13.9. The number of carbonyl (C=O) groups is 1. The molecule has 1 amide bonds. The molecule has 0 saturated carbocycles. The van der Waals surface area contributed by atoms with Crippen LogP contribution in [0.3, 0.4) is 0 Å². The summed E-state index contributed by atoms with van der Waals surface area (Å²) in [5.41, 5.74) is 0.450. The van der Waals surface area contributed by atoms with Gasteiger partial charge in [0.2, 0.25) is 5.91 Å². The molecule has 0 aliphatic carbocycles. The summed E-state index contributed by atoms with van der Waals surface area (Å²) in [6.07, 6.45) is 1.61. The van der Waals surface area contributed by atoms with Gasteiger partial charge in [-0.1, -0.05) is 0 Å². The molecule has 19 heavy (non-hydrogen) atoms. The number of amides is 1. The lowest BCUT2D eigenvalue weighted by Gasteiger charge is -2.19. The van der Waals surface area contributed by atoms with Crippen molar-refractivity contribution < 1.29 is 13.2 Å². The van der Waals surface area contributed by atoms with Gasteiger partial charge < -0.3 is 10.6 Å². The van der Waals surface area contributed by atoms with Gasteiger partial charge in [0.05, 0.1) is 5.69 Å². The molecule has 1 aliphatic heterocycles. The molecule has 0 bridgehead atoms. The second-order valence-corrected chi connectivity index (χ2v) is 5.96. The van der Waals surface area contributed by atoms with Gasteiger partial charge >= 0.3 is 0 Å². The summed E-state index contributed by atoms with van der Waals surface area (Å²) in [6.45, 7) is 0.751. The summed E-state index contributed by atoms with van der Waals surface area (Å²) < 4.78 is 26.3. The average Bonchev–Trinajstić information content (AvgIpc) is 2.64. The Bertz CT molecular complexity index is 573. The Morgan fingerprint density at radius 3 is 2.95 bits per heavy atom. The quantitative estimate of drug-likeness (QED) is 0.790. The van der Waals surface area contributed by atoms with Crippen molar-refractivity contribution in [1.29, 1.82) is 0 Å². The van der Waals surface area contributed by atoms with Gasteiger partial charge in [0.15, 0.2) is 5.03 Å². The van der Waals surface area contributed by atoms with Crippen LogP contribution in [-0.2, 0) is 14.8 Å². The largest absolute Gasteiger partial charge is 0.386 e. The Kier molecular flexibility index (Phi) is 4.01. The van der Waals surface area contributed by atoms with Gasteiger partial charge in [0, 0.05) is 39.3 Å². The molecule has 8 heteroatoms. The van der Waals surface area contributed by atoms with Crippen molar-refractivity contribution in [1.82, 2.24) is 14.6 Å². The fourth-order valence-electron chi connectivity index (χ4n) is 1.90. The first kappa shape index (κ1) is 13.8. The highest BCUT2D eigenvalue weighted by molar-refractivity contribution is 7.89. The molecular weight excluding hydrogens is 268 g/mol.